The average Bonchev–Trinajstić information content (AvgIpc) is 1.92. The lowest BCUT2D eigenvalue weighted by atomic mass is 9.94. The van der Waals surface area contributed by atoms with Gasteiger partial charge in [-0.1, -0.05) is 55.7 Å². The average molecular weight is 1400 g/mol. The Morgan fingerprint density at radius 2 is 1.31 bits per heavy atom. The number of nitrogens with two attached hydrogens (primary N) is 2. The fourth-order valence-corrected chi connectivity index (χ4v) is 14.0. The predicted octanol–water partition coefficient (Wildman–Crippen LogP) is -4.10. The van der Waals surface area contributed by atoms with Crippen LogP contribution < -0.4 is 58.3 Å². The van der Waals surface area contributed by atoms with Gasteiger partial charge in [0.1, 0.15) is 52.9 Å². The molecule has 5 heterocycles. The summed E-state index contributed by atoms with van der Waals surface area (Å²) in [4.78, 5) is 133. The van der Waals surface area contributed by atoms with Crippen LogP contribution in [-0.2, 0) is 44.8 Å². The molecule has 0 radical (unpaired) electrons. The van der Waals surface area contributed by atoms with Crippen LogP contribution in [0.5, 0.6) is 11.5 Å². The lowest BCUT2D eigenvalue weighted by Crippen LogP contribution is -2.64. The van der Waals surface area contributed by atoms with Gasteiger partial charge in [0, 0.05) is 106 Å². The van der Waals surface area contributed by atoms with Crippen molar-refractivity contribution in [2.24, 2.45) is 17.4 Å². The number of carbonyl (C=O) groups excluding carboxylic acids is 9. The highest BCUT2D eigenvalue weighted by atomic mass is 32.1. The van der Waals surface area contributed by atoms with E-state index in [0.29, 0.717) is 21.6 Å². The van der Waals surface area contributed by atoms with Crippen molar-refractivity contribution in [1.82, 2.24) is 62.1 Å². The molecule has 33 heteroatoms. The number of aliphatic hydroxyl groups is 6. The number of anilines is 1. The van der Waals surface area contributed by atoms with Gasteiger partial charge in [-0.15, -0.1) is 10.2 Å². The van der Waals surface area contributed by atoms with Gasteiger partial charge in [0.05, 0.1) is 56.3 Å². The van der Waals surface area contributed by atoms with Gasteiger partial charge in [-0.05, 0) is 80.3 Å². The number of phenolic OH excluding ortho intramolecular Hbond substituents is 1. The van der Waals surface area contributed by atoms with Gasteiger partial charge < -0.3 is 104 Å². The van der Waals surface area contributed by atoms with E-state index in [-0.39, 0.29) is 55.4 Å². The molecule has 32 nitrogen and oxygen atoms in total. The number of ether oxygens (including phenoxy) is 1. The SMILES string of the molecule is C[C@@H](O)[C@@H]1NC(=O)[C@@H](NC(=O)c2ccc(-c3nnc(-c4ccc(N5CCN(C6CCCCC6)CC5)cc4)s3)cc2)C[C@@H](O)CNC(=O)[C@@H]2[C@@H](O)[C@@H](C)CN2C(=O)[C@H]([C@H](O)CCNC(=O)CN)NC(=O)[C@H]([C@H](O)Cc2ccc(O)c(OCCNC(=O)CN)c2)NC(=O)[C@@H]2C[C@@H](O)CN2C1=O. The van der Waals surface area contributed by atoms with Crippen LogP contribution in [0.2, 0.25) is 0 Å². The highest BCUT2D eigenvalue weighted by molar-refractivity contribution is 7.17. The molecule has 13 atom stereocenters. The van der Waals surface area contributed by atoms with Crippen LogP contribution in [0.15, 0.2) is 66.7 Å². The van der Waals surface area contributed by atoms with Crippen molar-refractivity contribution in [2.75, 3.05) is 83.5 Å². The van der Waals surface area contributed by atoms with Crippen molar-refractivity contribution in [3.05, 3.63) is 77.9 Å². The fraction of sp³-hybridized carbons (Fsp3) is 0.561. The Balaban J connectivity index is 0.967. The minimum absolute atomic E-state index is 0.0232. The van der Waals surface area contributed by atoms with E-state index in [0.717, 1.165) is 54.2 Å². The summed E-state index contributed by atoms with van der Waals surface area (Å²) < 4.78 is 5.64. The minimum Gasteiger partial charge on any atom is -0.504 e. The van der Waals surface area contributed by atoms with Crippen LogP contribution in [0.3, 0.4) is 0 Å². The summed E-state index contributed by atoms with van der Waals surface area (Å²) in [7, 11) is 0. The van der Waals surface area contributed by atoms with Gasteiger partial charge in [-0.3, -0.25) is 48.1 Å². The maximum Gasteiger partial charge on any atom is 0.251 e. The summed E-state index contributed by atoms with van der Waals surface area (Å²) in [5, 5.41) is 107. The lowest BCUT2D eigenvalue weighted by molar-refractivity contribution is -0.147. The van der Waals surface area contributed by atoms with Gasteiger partial charge in [-0.25, -0.2) is 0 Å². The molecule has 538 valence electrons. The summed E-state index contributed by atoms with van der Waals surface area (Å²) in [6, 6.07) is 7.50. The number of piperazine rings is 1. The zero-order chi connectivity index (χ0) is 71.2. The number of carbonyl (C=O) groups is 9. The largest absolute Gasteiger partial charge is 0.504 e. The molecule has 3 aromatic carbocycles. The summed E-state index contributed by atoms with van der Waals surface area (Å²) in [6.45, 7) is 3.73. The molecule has 1 aromatic heterocycles. The molecule has 1 aliphatic carbocycles. The number of nitrogens with zero attached hydrogens (tertiary/aromatic N) is 6. The Hall–Kier alpha value is -8.51. The second-order valence-electron chi connectivity index (χ2n) is 25.9. The Kier molecular flexibility index (Phi) is 26.0. The van der Waals surface area contributed by atoms with Crippen molar-refractivity contribution in [3.63, 3.8) is 0 Å². The highest BCUT2D eigenvalue weighted by Gasteiger charge is 2.50. The zero-order valence-corrected chi connectivity index (χ0v) is 56.1. The summed E-state index contributed by atoms with van der Waals surface area (Å²) in [5.74, 6) is -10.4. The first-order valence-electron chi connectivity index (χ1n) is 33.5. The number of benzene rings is 3. The lowest BCUT2D eigenvalue weighted by Gasteiger charge is -2.41. The topological polar surface area (TPSA) is 479 Å². The van der Waals surface area contributed by atoms with Crippen molar-refractivity contribution in [1.29, 1.82) is 0 Å². The number of phenols is 1. The van der Waals surface area contributed by atoms with Crippen molar-refractivity contribution < 1.29 is 83.6 Å². The number of amides is 9. The fourth-order valence-electron chi connectivity index (χ4n) is 13.2. The summed E-state index contributed by atoms with van der Waals surface area (Å²) in [6.07, 6.45) is -6.15. The third-order valence-corrected chi connectivity index (χ3v) is 19.8. The molecular weight excluding hydrogens is 1310 g/mol. The first kappa shape index (κ1) is 74.7. The van der Waals surface area contributed by atoms with Crippen LogP contribution in [0.4, 0.5) is 5.69 Å². The number of hydrogen-bond acceptors (Lipinski definition) is 24. The Morgan fingerprint density at radius 3 is 1.96 bits per heavy atom. The first-order valence-corrected chi connectivity index (χ1v) is 34.3. The number of fused-ring (bicyclic) bond motifs is 2. The van der Waals surface area contributed by atoms with Crippen molar-refractivity contribution in [2.45, 2.75) is 151 Å². The van der Waals surface area contributed by atoms with Crippen molar-refractivity contribution in [3.8, 4) is 32.6 Å². The standard InChI is InChI=1S/C66H91N15O17S/c1-35-33-81-56(57(35)90)62(95)71-32-43(83)28-45(72-58(91)38-9-11-39(12-10-38)63-76-77-64(99-63)40-13-15-42(16-14-40)79-23-21-78(22-24-79)41-6-4-3-5-7-41)59(92)73-53(36(2)82)65(96)80-34-44(84)29-46(80)60(93)74-54(61(94)75-55(66(81)97)48(86)18-19-69-51(88)30-67)49(87)26-37-8-17-47(85)50(27-37)98-25-20-70-52(89)31-68/h8-17,27,35-36,41,43-46,48-49,53-57,82-87,90H,3-7,18-26,28-34,67-68H2,1-2H3,(H,69,88)(H,70,89)(H,71,95)(H,72,91)(H,73,92)(H,74,93)(H,75,94)/t35-,36+,43+,44+,45-,46-,48+,49+,53-,54-,55-,56-,57-/m0/s1. The van der Waals surface area contributed by atoms with Gasteiger partial charge in [0.15, 0.2) is 11.5 Å². The number of aliphatic hydroxyl groups excluding tert-OH is 6. The molecule has 4 aromatic rings. The van der Waals surface area contributed by atoms with Crippen LogP contribution in [-0.4, -0.2) is 271 Å². The zero-order valence-electron chi connectivity index (χ0n) is 55.2. The van der Waals surface area contributed by atoms with E-state index in [1.165, 1.54) is 80.7 Å². The number of rotatable bonds is 20. The highest BCUT2D eigenvalue weighted by Crippen LogP contribution is 2.34. The molecule has 5 fully saturated rings. The molecule has 1 saturated carbocycles. The molecule has 18 N–H and O–H groups in total. The van der Waals surface area contributed by atoms with E-state index in [9.17, 15) is 78.9 Å². The van der Waals surface area contributed by atoms with E-state index < -0.39 is 177 Å². The Labute approximate surface area is 575 Å². The van der Waals surface area contributed by atoms with E-state index >= 15 is 0 Å². The van der Waals surface area contributed by atoms with E-state index in [2.05, 4.69) is 69.3 Å². The third-order valence-electron chi connectivity index (χ3n) is 18.7. The maximum absolute atomic E-state index is 15.0. The normalized spacial score (nSPS) is 25.9. The number of nitrogens with one attached hydrogen (secondary N) is 7. The van der Waals surface area contributed by atoms with Crippen LogP contribution >= 0.6 is 11.3 Å². The number of β-amino-alcohol motifs (C(OH)–C–C–N with tert-alkyl or cyclic N) is 1. The predicted molar refractivity (Wildman–Crippen MR) is 359 cm³/mol. The van der Waals surface area contributed by atoms with E-state index in [1.807, 2.05) is 12.1 Å². The molecule has 9 amide bonds. The van der Waals surface area contributed by atoms with Crippen molar-refractivity contribution >= 4 is 70.2 Å². The van der Waals surface area contributed by atoms with Gasteiger partial charge in [0.2, 0.25) is 47.3 Å². The molecular formula is C66H91N15O17S. The molecule has 9 rings (SSSR count). The van der Waals surface area contributed by atoms with E-state index in [1.54, 1.807) is 12.1 Å². The second-order valence-corrected chi connectivity index (χ2v) is 26.9. The molecule has 4 saturated heterocycles. The number of aromatic hydroxyl groups is 1. The Morgan fingerprint density at radius 1 is 0.697 bits per heavy atom. The van der Waals surface area contributed by atoms with Crippen LogP contribution in [0, 0.1) is 5.92 Å². The van der Waals surface area contributed by atoms with E-state index in [4.69, 9.17) is 16.2 Å². The minimum atomic E-state index is -2.14. The van der Waals surface area contributed by atoms with Crippen LogP contribution in [0.25, 0.3) is 21.1 Å². The smallest absolute Gasteiger partial charge is 0.251 e. The third kappa shape index (κ3) is 19.1. The number of hydrogen-bond donors (Lipinski definition) is 16. The number of aromatic nitrogens is 2. The Bertz CT molecular complexity index is 3480. The van der Waals surface area contributed by atoms with Crippen LogP contribution in [0.1, 0.15) is 81.1 Å². The molecule has 0 unspecified atom stereocenters. The first-order chi connectivity index (χ1) is 47.4. The summed E-state index contributed by atoms with van der Waals surface area (Å²) >= 11 is 1.34. The quantitative estimate of drug-likeness (QED) is 0.0374. The summed E-state index contributed by atoms with van der Waals surface area (Å²) in [5.41, 5.74) is 13.6. The second kappa shape index (κ2) is 34.5. The van der Waals surface area contributed by atoms with Gasteiger partial charge >= 0.3 is 0 Å². The van der Waals surface area contributed by atoms with Gasteiger partial charge in [0.25, 0.3) is 5.91 Å². The molecule has 4 aliphatic heterocycles. The molecule has 0 bridgehead atoms. The maximum atomic E-state index is 15.0. The molecule has 5 aliphatic rings. The molecule has 99 heavy (non-hydrogen) atoms. The van der Waals surface area contributed by atoms with Gasteiger partial charge in [-0.2, -0.15) is 0 Å². The molecule has 0 spiro atoms. The monoisotopic (exact) mass is 1400 g/mol.